The number of hydrogen-bond acceptors (Lipinski definition) is 5. The van der Waals surface area contributed by atoms with Crippen molar-refractivity contribution in [1.82, 2.24) is 11.1 Å². The van der Waals surface area contributed by atoms with Crippen LogP contribution in [0.25, 0.3) is 0 Å². The molecule has 26 heavy (non-hydrogen) atoms. The Kier molecular flexibility index (Phi) is 26.8. The molecule has 0 aliphatic carbocycles. The van der Waals surface area contributed by atoms with Crippen LogP contribution in [0.15, 0.2) is 0 Å². The first-order valence-corrected chi connectivity index (χ1v) is 11.4. The molecule has 0 unspecified atom stereocenters. The standard InChI is InChI=1S/C16H34O4S.C3H9N.H3N/c1-2-3-4-5-6-7-8-9-10-11-12-13-14-15-16-20-21(17,18)19;1-4(2)3;/h2-16H2,1H3,(H,17,18,19);1-3H3;1H3. The van der Waals surface area contributed by atoms with E-state index in [1.165, 1.54) is 70.6 Å². The van der Waals surface area contributed by atoms with E-state index in [1.807, 2.05) is 26.0 Å². The van der Waals surface area contributed by atoms with Gasteiger partial charge in [-0.25, -0.2) is 4.18 Å². The van der Waals surface area contributed by atoms with Crippen molar-refractivity contribution in [2.45, 2.75) is 96.8 Å². The van der Waals surface area contributed by atoms with Crippen molar-refractivity contribution >= 4 is 10.4 Å². The molecule has 0 saturated carbocycles. The van der Waals surface area contributed by atoms with E-state index in [0.717, 1.165) is 12.8 Å². The molecule has 0 amide bonds. The highest BCUT2D eigenvalue weighted by Crippen LogP contribution is 2.12. The summed E-state index contributed by atoms with van der Waals surface area (Å²) >= 11 is 0. The van der Waals surface area contributed by atoms with Gasteiger partial charge in [-0.1, -0.05) is 90.4 Å². The van der Waals surface area contributed by atoms with Crippen molar-refractivity contribution in [1.29, 1.82) is 0 Å². The van der Waals surface area contributed by atoms with Crippen LogP contribution in [0.4, 0.5) is 0 Å². The van der Waals surface area contributed by atoms with E-state index in [9.17, 15) is 8.42 Å². The first-order valence-electron chi connectivity index (χ1n) is 10.0. The Morgan fingerprint density at radius 1 is 0.692 bits per heavy atom. The van der Waals surface area contributed by atoms with Gasteiger partial charge >= 0.3 is 10.4 Å². The molecule has 0 aliphatic rings. The van der Waals surface area contributed by atoms with Gasteiger partial charge in [0.15, 0.2) is 0 Å². The van der Waals surface area contributed by atoms with Gasteiger partial charge in [-0.2, -0.15) is 8.42 Å². The van der Waals surface area contributed by atoms with Crippen LogP contribution in [-0.4, -0.2) is 45.6 Å². The second-order valence-corrected chi connectivity index (χ2v) is 8.28. The molecule has 0 spiro atoms. The average molecular weight is 399 g/mol. The minimum absolute atomic E-state index is 0. The molecule has 0 aromatic carbocycles. The molecule has 0 atom stereocenters. The van der Waals surface area contributed by atoms with Gasteiger partial charge in [-0.3, -0.25) is 4.55 Å². The fraction of sp³-hybridized carbons (Fsp3) is 1.00. The first-order chi connectivity index (χ1) is 11.8. The summed E-state index contributed by atoms with van der Waals surface area (Å²) in [5, 5.41) is 0. The van der Waals surface area contributed by atoms with Crippen molar-refractivity contribution in [2.75, 3.05) is 27.7 Å². The lowest BCUT2D eigenvalue weighted by molar-refractivity contribution is 0.261. The highest BCUT2D eigenvalue weighted by Gasteiger charge is 2.02. The molecular weight excluding hydrogens is 352 g/mol. The van der Waals surface area contributed by atoms with Gasteiger partial charge < -0.3 is 11.1 Å². The van der Waals surface area contributed by atoms with Gasteiger partial charge in [0.05, 0.1) is 6.61 Å². The SMILES string of the molecule is CCCCCCCCCCCCCCCCOS(=O)(=O)O.CN(C)C.N. The van der Waals surface area contributed by atoms with Crippen LogP contribution < -0.4 is 6.15 Å². The van der Waals surface area contributed by atoms with E-state index in [0.29, 0.717) is 6.42 Å². The van der Waals surface area contributed by atoms with E-state index in [2.05, 4.69) is 11.1 Å². The molecule has 0 aliphatic heterocycles. The molecule has 162 valence electrons. The highest BCUT2D eigenvalue weighted by atomic mass is 32.3. The summed E-state index contributed by atoms with van der Waals surface area (Å²) in [7, 11) is 1.76. The maximum absolute atomic E-state index is 10.3. The Morgan fingerprint density at radius 3 is 1.23 bits per heavy atom. The van der Waals surface area contributed by atoms with E-state index in [1.54, 1.807) is 0 Å². The van der Waals surface area contributed by atoms with Crippen LogP contribution in [0.1, 0.15) is 96.8 Å². The van der Waals surface area contributed by atoms with Gasteiger partial charge in [0.25, 0.3) is 0 Å². The Balaban J connectivity index is -0.000000951. The largest absolute Gasteiger partial charge is 0.397 e. The van der Waals surface area contributed by atoms with E-state index in [-0.39, 0.29) is 12.8 Å². The average Bonchev–Trinajstić information content (AvgIpc) is 2.49. The Labute approximate surface area is 163 Å². The summed E-state index contributed by atoms with van der Waals surface area (Å²) in [6.45, 7) is 2.35. The molecule has 0 rings (SSSR count). The number of rotatable bonds is 16. The van der Waals surface area contributed by atoms with Crippen molar-refractivity contribution in [3.05, 3.63) is 0 Å². The first kappa shape index (κ1) is 30.5. The van der Waals surface area contributed by atoms with Crippen LogP contribution in [0.2, 0.25) is 0 Å². The van der Waals surface area contributed by atoms with Gasteiger partial charge in [-0.05, 0) is 27.6 Å². The second-order valence-electron chi connectivity index (χ2n) is 7.19. The number of hydrogen-bond donors (Lipinski definition) is 2. The molecule has 0 bridgehead atoms. The van der Waals surface area contributed by atoms with Gasteiger partial charge in [0.1, 0.15) is 0 Å². The normalized spacial score (nSPS) is 11.0. The topological polar surface area (TPSA) is 102 Å². The van der Waals surface area contributed by atoms with Crippen molar-refractivity contribution in [3.63, 3.8) is 0 Å². The molecule has 7 heteroatoms. The molecule has 0 radical (unpaired) electrons. The molecule has 0 heterocycles. The van der Waals surface area contributed by atoms with Crippen molar-refractivity contribution < 1.29 is 17.2 Å². The van der Waals surface area contributed by atoms with Crippen LogP contribution in [0.3, 0.4) is 0 Å². The molecular formula is C19H46N2O4S. The summed E-state index contributed by atoms with van der Waals surface area (Å²) < 4.78 is 33.2. The third-order valence-electron chi connectivity index (χ3n) is 3.73. The summed E-state index contributed by atoms with van der Waals surface area (Å²) in [5.74, 6) is 0. The Morgan fingerprint density at radius 2 is 0.962 bits per heavy atom. The van der Waals surface area contributed by atoms with Crippen LogP contribution in [-0.2, 0) is 14.6 Å². The Hall–Kier alpha value is -0.210. The summed E-state index contributed by atoms with van der Waals surface area (Å²) in [6.07, 6.45) is 17.6. The van der Waals surface area contributed by atoms with Crippen LogP contribution in [0, 0.1) is 0 Å². The zero-order valence-corrected chi connectivity index (χ0v) is 18.7. The van der Waals surface area contributed by atoms with Crippen LogP contribution >= 0.6 is 0 Å². The van der Waals surface area contributed by atoms with Gasteiger partial charge in [0, 0.05) is 0 Å². The van der Waals surface area contributed by atoms with Crippen molar-refractivity contribution in [2.24, 2.45) is 0 Å². The van der Waals surface area contributed by atoms with Gasteiger partial charge in [0.2, 0.25) is 0 Å². The lowest BCUT2D eigenvalue weighted by Crippen LogP contribution is -2.04. The van der Waals surface area contributed by atoms with Gasteiger partial charge in [-0.15, -0.1) is 0 Å². The predicted octanol–water partition coefficient (Wildman–Crippen LogP) is 5.63. The number of nitrogens with zero attached hydrogens (tertiary/aromatic N) is 1. The minimum atomic E-state index is -4.24. The fourth-order valence-electron chi connectivity index (χ4n) is 2.46. The third-order valence-corrected chi connectivity index (χ3v) is 4.19. The Bertz CT molecular complexity index is 347. The summed E-state index contributed by atoms with van der Waals surface area (Å²) in [5.41, 5.74) is 0. The predicted molar refractivity (Wildman–Crippen MR) is 112 cm³/mol. The fourth-order valence-corrected chi connectivity index (χ4v) is 2.79. The zero-order chi connectivity index (χ0) is 19.4. The second kappa shape index (κ2) is 22.8. The molecule has 6 nitrogen and oxygen atoms in total. The number of unbranched alkanes of at least 4 members (excludes halogenated alkanes) is 13. The summed E-state index contributed by atoms with van der Waals surface area (Å²) in [4.78, 5) is 2.00. The van der Waals surface area contributed by atoms with E-state index in [4.69, 9.17) is 4.55 Å². The molecule has 0 aromatic rings. The molecule has 4 N–H and O–H groups in total. The third kappa shape index (κ3) is 39.0. The monoisotopic (exact) mass is 398 g/mol. The lowest BCUT2D eigenvalue weighted by atomic mass is 10.0. The van der Waals surface area contributed by atoms with E-state index >= 15 is 0 Å². The minimum Gasteiger partial charge on any atom is -0.344 e. The maximum atomic E-state index is 10.3. The highest BCUT2D eigenvalue weighted by molar-refractivity contribution is 7.80. The van der Waals surface area contributed by atoms with E-state index < -0.39 is 10.4 Å². The zero-order valence-electron chi connectivity index (χ0n) is 17.8. The molecule has 0 saturated heterocycles. The quantitative estimate of drug-likeness (QED) is 0.258. The van der Waals surface area contributed by atoms with Crippen molar-refractivity contribution in [3.8, 4) is 0 Å². The smallest absolute Gasteiger partial charge is 0.344 e. The molecule has 0 aromatic heterocycles. The van der Waals surface area contributed by atoms with Crippen LogP contribution in [0.5, 0.6) is 0 Å². The lowest BCUT2D eigenvalue weighted by Gasteiger charge is -2.03. The summed E-state index contributed by atoms with van der Waals surface area (Å²) in [6, 6.07) is 0. The molecule has 0 fully saturated rings. The maximum Gasteiger partial charge on any atom is 0.397 e.